The molecule has 0 radical (unpaired) electrons. The zero-order valence-corrected chi connectivity index (χ0v) is 13.4. The molecular formula is C19H21FO2. The molecule has 0 aliphatic carbocycles. The van der Waals surface area contributed by atoms with Gasteiger partial charge in [0, 0.05) is 5.56 Å². The summed E-state index contributed by atoms with van der Waals surface area (Å²) in [6, 6.07) is 10.3. The van der Waals surface area contributed by atoms with E-state index in [4.69, 9.17) is 9.47 Å². The number of ether oxygens (including phenoxy) is 2. The topological polar surface area (TPSA) is 18.5 Å². The minimum atomic E-state index is -0.234. The molecule has 0 saturated heterocycles. The molecule has 0 amide bonds. The average molecular weight is 300 g/mol. The molecule has 0 unspecified atom stereocenters. The molecule has 0 saturated carbocycles. The van der Waals surface area contributed by atoms with Gasteiger partial charge < -0.3 is 9.47 Å². The quantitative estimate of drug-likeness (QED) is 0.712. The molecule has 0 aromatic heterocycles. The summed E-state index contributed by atoms with van der Waals surface area (Å²) >= 11 is 0. The van der Waals surface area contributed by atoms with Gasteiger partial charge in [-0.25, -0.2) is 4.39 Å². The number of methoxy groups -OCH3 is 2. The van der Waals surface area contributed by atoms with Gasteiger partial charge in [-0.3, -0.25) is 0 Å². The minimum absolute atomic E-state index is 0.234. The average Bonchev–Trinajstić information content (AvgIpc) is 2.53. The second-order valence-electron chi connectivity index (χ2n) is 5.38. The second kappa shape index (κ2) is 7.12. The highest BCUT2D eigenvalue weighted by Gasteiger charge is 2.14. The van der Waals surface area contributed by atoms with Crippen molar-refractivity contribution in [2.45, 2.75) is 19.8 Å². The normalized spacial score (nSPS) is 11.2. The van der Waals surface area contributed by atoms with Crippen LogP contribution in [-0.2, 0) is 0 Å². The maximum absolute atomic E-state index is 12.9. The van der Waals surface area contributed by atoms with Gasteiger partial charge in [0.25, 0.3) is 0 Å². The van der Waals surface area contributed by atoms with Crippen molar-refractivity contribution in [2.24, 2.45) is 0 Å². The summed E-state index contributed by atoms with van der Waals surface area (Å²) < 4.78 is 23.9. The van der Waals surface area contributed by atoms with Crippen LogP contribution in [0.1, 0.15) is 36.5 Å². The minimum Gasteiger partial charge on any atom is -0.496 e. The smallest absolute Gasteiger partial charge is 0.126 e. The van der Waals surface area contributed by atoms with Crippen molar-refractivity contribution in [1.29, 1.82) is 0 Å². The van der Waals surface area contributed by atoms with Gasteiger partial charge in [0.2, 0.25) is 0 Å². The molecule has 2 rings (SSSR count). The van der Waals surface area contributed by atoms with Crippen molar-refractivity contribution in [3.63, 3.8) is 0 Å². The van der Waals surface area contributed by atoms with Gasteiger partial charge in [0.05, 0.1) is 14.2 Å². The lowest BCUT2D eigenvalue weighted by molar-refractivity contribution is 0.382. The molecule has 0 N–H and O–H groups in total. The van der Waals surface area contributed by atoms with E-state index in [1.165, 1.54) is 12.1 Å². The molecule has 2 nitrogen and oxygen atoms in total. The Hall–Kier alpha value is -2.29. The third-order valence-corrected chi connectivity index (χ3v) is 3.48. The molecule has 22 heavy (non-hydrogen) atoms. The van der Waals surface area contributed by atoms with Crippen molar-refractivity contribution >= 4 is 12.2 Å². The molecule has 3 heteroatoms. The third kappa shape index (κ3) is 3.67. The summed E-state index contributed by atoms with van der Waals surface area (Å²) in [6.45, 7) is 4.21. The fraction of sp³-hybridized carbons (Fsp3) is 0.263. The first-order valence-electron chi connectivity index (χ1n) is 7.24. The van der Waals surface area contributed by atoms with Crippen LogP contribution in [0.3, 0.4) is 0 Å². The Bertz CT molecular complexity index is 633. The molecule has 0 fully saturated rings. The number of hydrogen-bond acceptors (Lipinski definition) is 2. The Morgan fingerprint density at radius 3 is 1.82 bits per heavy atom. The Labute approximate surface area is 131 Å². The monoisotopic (exact) mass is 300 g/mol. The van der Waals surface area contributed by atoms with Crippen LogP contribution in [0.4, 0.5) is 4.39 Å². The van der Waals surface area contributed by atoms with Crippen molar-refractivity contribution in [3.8, 4) is 11.5 Å². The van der Waals surface area contributed by atoms with E-state index >= 15 is 0 Å². The van der Waals surface area contributed by atoms with E-state index in [2.05, 4.69) is 13.8 Å². The SMILES string of the molecule is COc1cc(C=Cc2ccc(F)cc2)cc(OC)c1C(C)C. The lowest BCUT2D eigenvalue weighted by atomic mass is 9.98. The van der Waals surface area contributed by atoms with Crippen molar-refractivity contribution in [1.82, 2.24) is 0 Å². The highest BCUT2D eigenvalue weighted by atomic mass is 19.1. The van der Waals surface area contributed by atoms with Crippen molar-refractivity contribution in [2.75, 3.05) is 14.2 Å². The van der Waals surface area contributed by atoms with E-state index < -0.39 is 0 Å². The molecule has 0 bridgehead atoms. The van der Waals surface area contributed by atoms with Crippen LogP contribution in [-0.4, -0.2) is 14.2 Å². The lowest BCUT2D eigenvalue weighted by Crippen LogP contribution is -1.99. The molecule has 0 spiro atoms. The van der Waals surface area contributed by atoms with Crippen LogP contribution in [0.25, 0.3) is 12.2 Å². The van der Waals surface area contributed by atoms with Gasteiger partial charge in [0.15, 0.2) is 0 Å². The highest BCUT2D eigenvalue weighted by molar-refractivity contribution is 5.72. The summed E-state index contributed by atoms with van der Waals surface area (Å²) in [5, 5.41) is 0. The van der Waals surface area contributed by atoms with E-state index in [-0.39, 0.29) is 5.82 Å². The van der Waals surface area contributed by atoms with Gasteiger partial charge >= 0.3 is 0 Å². The number of hydrogen-bond donors (Lipinski definition) is 0. The third-order valence-electron chi connectivity index (χ3n) is 3.48. The van der Waals surface area contributed by atoms with Gasteiger partial charge in [-0.1, -0.05) is 38.1 Å². The van der Waals surface area contributed by atoms with E-state index in [0.717, 1.165) is 28.2 Å². The van der Waals surface area contributed by atoms with E-state index in [9.17, 15) is 4.39 Å². The van der Waals surface area contributed by atoms with Crippen molar-refractivity contribution in [3.05, 3.63) is 58.9 Å². The summed E-state index contributed by atoms with van der Waals surface area (Å²) in [5.74, 6) is 1.70. The molecule has 0 aliphatic rings. The molecular weight excluding hydrogens is 279 g/mol. The largest absolute Gasteiger partial charge is 0.496 e. The zero-order valence-electron chi connectivity index (χ0n) is 13.4. The van der Waals surface area contributed by atoms with Crippen LogP contribution in [0.5, 0.6) is 11.5 Å². The number of benzene rings is 2. The molecule has 0 heterocycles. The first kappa shape index (κ1) is 16.1. The van der Waals surface area contributed by atoms with Crippen LogP contribution < -0.4 is 9.47 Å². The first-order valence-corrected chi connectivity index (χ1v) is 7.24. The Balaban J connectivity index is 2.37. The standard InChI is InChI=1S/C19H21FO2/c1-13(2)19-17(21-3)11-15(12-18(19)22-4)6-5-14-7-9-16(20)10-8-14/h5-13H,1-4H3. The molecule has 116 valence electrons. The van der Waals surface area contributed by atoms with Crippen LogP contribution >= 0.6 is 0 Å². The van der Waals surface area contributed by atoms with Crippen LogP contribution in [0.2, 0.25) is 0 Å². The highest BCUT2D eigenvalue weighted by Crippen LogP contribution is 2.36. The van der Waals surface area contributed by atoms with Crippen LogP contribution in [0.15, 0.2) is 36.4 Å². The summed E-state index contributed by atoms with van der Waals surface area (Å²) in [4.78, 5) is 0. The molecule has 2 aromatic carbocycles. The van der Waals surface area contributed by atoms with Gasteiger partial charge in [-0.05, 0) is 41.3 Å². The molecule has 0 atom stereocenters. The number of halogens is 1. The predicted molar refractivity (Wildman–Crippen MR) is 89.0 cm³/mol. The Morgan fingerprint density at radius 2 is 1.36 bits per heavy atom. The van der Waals surface area contributed by atoms with E-state index in [1.54, 1.807) is 26.4 Å². The maximum atomic E-state index is 12.9. The summed E-state index contributed by atoms with van der Waals surface area (Å²) in [7, 11) is 3.32. The first-order chi connectivity index (χ1) is 10.5. The predicted octanol–water partition coefficient (Wildman–Crippen LogP) is 5.14. The van der Waals surface area contributed by atoms with Gasteiger partial charge in [-0.2, -0.15) is 0 Å². The van der Waals surface area contributed by atoms with E-state index in [1.807, 2.05) is 24.3 Å². The molecule has 2 aromatic rings. The molecule has 0 aliphatic heterocycles. The van der Waals surface area contributed by atoms with Gasteiger partial charge in [0.1, 0.15) is 17.3 Å². The number of rotatable bonds is 5. The zero-order chi connectivity index (χ0) is 16.1. The fourth-order valence-corrected chi connectivity index (χ4v) is 2.39. The summed E-state index contributed by atoms with van der Waals surface area (Å²) in [6.07, 6.45) is 3.89. The fourth-order valence-electron chi connectivity index (χ4n) is 2.39. The van der Waals surface area contributed by atoms with Crippen LogP contribution in [0, 0.1) is 5.82 Å². The Kier molecular flexibility index (Phi) is 5.21. The lowest BCUT2D eigenvalue weighted by Gasteiger charge is -2.17. The second-order valence-corrected chi connectivity index (χ2v) is 5.38. The summed E-state index contributed by atoms with van der Waals surface area (Å²) in [5.41, 5.74) is 2.97. The van der Waals surface area contributed by atoms with Gasteiger partial charge in [-0.15, -0.1) is 0 Å². The van der Waals surface area contributed by atoms with E-state index in [0.29, 0.717) is 5.92 Å². The Morgan fingerprint density at radius 1 is 0.864 bits per heavy atom. The maximum Gasteiger partial charge on any atom is 0.126 e. The van der Waals surface area contributed by atoms with Crippen molar-refractivity contribution < 1.29 is 13.9 Å².